The molecule has 0 aliphatic heterocycles. The number of ether oxygens (including phenoxy) is 1. The van der Waals surface area contributed by atoms with Crippen LogP contribution in [0.25, 0.3) is 0 Å². The Kier molecular flexibility index (Phi) is 5.85. The van der Waals surface area contributed by atoms with Gasteiger partial charge in [0.2, 0.25) is 0 Å². The van der Waals surface area contributed by atoms with Gasteiger partial charge in [-0.3, -0.25) is 4.79 Å². The smallest absolute Gasteiger partial charge is 0.305 e. The zero-order chi connectivity index (χ0) is 16.8. The monoisotopic (exact) mass is 318 g/mol. The van der Waals surface area contributed by atoms with E-state index in [0.29, 0.717) is 6.42 Å². The van der Waals surface area contributed by atoms with Crippen molar-refractivity contribution < 1.29 is 18.3 Å². The summed E-state index contributed by atoms with van der Waals surface area (Å²) in [6, 6.07) is 12.9. The van der Waals surface area contributed by atoms with Gasteiger partial charge >= 0.3 is 5.97 Å². The zero-order valence-corrected chi connectivity index (χ0v) is 13.3. The molecule has 0 amide bonds. The second-order valence-electron chi connectivity index (χ2n) is 5.53. The third-order valence-corrected chi connectivity index (χ3v) is 3.86. The molecule has 0 radical (unpaired) electrons. The maximum atomic E-state index is 14.0. The van der Waals surface area contributed by atoms with Gasteiger partial charge in [0.15, 0.2) is 0 Å². The largest absolute Gasteiger partial charge is 0.461 e. The second kappa shape index (κ2) is 7.86. The summed E-state index contributed by atoms with van der Waals surface area (Å²) in [5.74, 6) is -1.81. The maximum Gasteiger partial charge on any atom is 0.305 e. The lowest BCUT2D eigenvalue weighted by molar-refractivity contribution is -0.149. The van der Waals surface area contributed by atoms with E-state index in [0.717, 1.165) is 23.8 Å². The highest BCUT2D eigenvalue weighted by molar-refractivity contribution is 5.69. The van der Waals surface area contributed by atoms with E-state index in [-0.39, 0.29) is 18.0 Å². The Hall–Kier alpha value is -2.23. The van der Waals surface area contributed by atoms with Crippen LogP contribution in [0.1, 0.15) is 37.3 Å². The summed E-state index contributed by atoms with van der Waals surface area (Å²) in [7, 11) is 0. The van der Waals surface area contributed by atoms with Gasteiger partial charge in [-0.05, 0) is 29.3 Å². The number of benzene rings is 2. The van der Waals surface area contributed by atoms with E-state index in [2.05, 4.69) is 0 Å². The van der Waals surface area contributed by atoms with Crippen molar-refractivity contribution in [2.75, 3.05) is 0 Å². The van der Waals surface area contributed by atoms with Crippen molar-refractivity contribution in [2.45, 2.75) is 38.7 Å². The fourth-order valence-electron chi connectivity index (χ4n) is 2.48. The van der Waals surface area contributed by atoms with E-state index in [9.17, 15) is 13.6 Å². The lowest BCUT2D eigenvalue weighted by atomic mass is 9.90. The topological polar surface area (TPSA) is 26.3 Å². The van der Waals surface area contributed by atoms with Crippen LogP contribution in [0.2, 0.25) is 0 Å². The number of hydrogen-bond donors (Lipinski definition) is 0. The standard InChI is InChI=1S/C19H20F2O2/c1-3-19(22)23-18(11-14-7-5-4-6-8-14)13(2)16-12-15(20)9-10-17(16)21/h4-10,12-13,18H,3,11H2,1-2H3. The van der Waals surface area contributed by atoms with Crippen LogP contribution in [-0.2, 0) is 16.0 Å². The summed E-state index contributed by atoms with van der Waals surface area (Å²) in [6.45, 7) is 3.45. The van der Waals surface area contributed by atoms with Crippen LogP contribution in [0.3, 0.4) is 0 Å². The number of esters is 1. The molecular formula is C19H20F2O2. The van der Waals surface area contributed by atoms with Crippen LogP contribution in [0, 0.1) is 11.6 Å². The van der Waals surface area contributed by atoms with Crippen molar-refractivity contribution in [2.24, 2.45) is 0 Å². The van der Waals surface area contributed by atoms with Crippen LogP contribution in [-0.4, -0.2) is 12.1 Å². The van der Waals surface area contributed by atoms with Gasteiger partial charge in [0.1, 0.15) is 17.7 Å². The van der Waals surface area contributed by atoms with Crippen molar-refractivity contribution in [1.29, 1.82) is 0 Å². The molecule has 2 atom stereocenters. The van der Waals surface area contributed by atoms with Gasteiger partial charge in [-0.1, -0.05) is 44.2 Å². The van der Waals surface area contributed by atoms with Gasteiger partial charge in [-0.25, -0.2) is 8.78 Å². The number of rotatable bonds is 6. The van der Waals surface area contributed by atoms with Gasteiger partial charge < -0.3 is 4.74 Å². The van der Waals surface area contributed by atoms with Crippen molar-refractivity contribution in [3.05, 3.63) is 71.3 Å². The van der Waals surface area contributed by atoms with Crippen molar-refractivity contribution in [1.82, 2.24) is 0 Å². The lowest BCUT2D eigenvalue weighted by Gasteiger charge is -2.25. The first kappa shape index (κ1) is 17.1. The highest BCUT2D eigenvalue weighted by atomic mass is 19.1. The van der Waals surface area contributed by atoms with Crippen molar-refractivity contribution in [3.8, 4) is 0 Å². The third-order valence-electron chi connectivity index (χ3n) is 3.86. The predicted molar refractivity (Wildman–Crippen MR) is 85.1 cm³/mol. The Morgan fingerprint density at radius 2 is 1.83 bits per heavy atom. The van der Waals surface area contributed by atoms with Crippen molar-refractivity contribution >= 4 is 5.97 Å². The molecule has 4 heteroatoms. The Morgan fingerprint density at radius 1 is 1.13 bits per heavy atom. The molecule has 122 valence electrons. The SMILES string of the molecule is CCC(=O)OC(Cc1ccccc1)C(C)c1cc(F)ccc1F. The first-order valence-electron chi connectivity index (χ1n) is 7.69. The van der Waals surface area contributed by atoms with Crippen LogP contribution in [0.15, 0.2) is 48.5 Å². The third kappa shape index (κ3) is 4.62. The molecule has 2 aromatic rings. The molecule has 0 aliphatic carbocycles. The number of carbonyl (C=O) groups excluding carboxylic acids is 1. The minimum Gasteiger partial charge on any atom is -0.461 e. The molecule has 0 fully saturated rings. The average Bonchev–Trinajstić information content (AvgIpc) is 2.56. The van der Waals surface area contributed by atoms with E-state index in [4.69, 9.17) is 4.74 Å². The van der Waals surface area contributed by atoms with Gasteiger partial charge in [-0.2, -0.15) is 0 Å². The van der Waals surface area contributed by atoms with Gasteiger partial charge in [0, 0.05) is 18.8 Å². The molecule has 0 bridgehead atoms. The molecule has 0 spiro atoms. The first-order valence-corrected chi connectivity index (χ1v) is 7.69. The van der Waals surface area contributed by atoms with Crippen LogP contribution in [0.4, 0.5) is 8.78 Å². The summed E-state index contributed by atoms with van der Waals surface area (Å²) >= 11 is 0. The predicted octanol–water partition coefficient (Wildman–Crippen LogP) is 4.63. The Balaban J connectivity index is 2.28. The van der Waals surface area contributed by atoms with E-state index >= 15 is 0 Å². The van der Waals surface area contributed by atoms with E-state index in [1.165, 1.54) is 0 Å². The summed E-state index contributed by atoms with van der Waals surface area (Å²) in [4.78, 5) is 11.7. The van der Waals surface area contributed by atoms with Crippen LogP contribution >= 0.6 is 0 Å². The minimum atomic E-state index is -0.554. The minimum absolute atomic E-state index is 0.217. The van der Waals surface area contributed by atoms with E-state index in [1.807, 2.05) is 30.3 Å². The molecule has 0 saturated carbocycles. The molecule has 2 aromatic carbocycles. The Labute approximate surface area is 135 Å². The molecule has 0 saturated heterocycles. The summed E-state index contributed by atoms with van der Waals surface area (Å²) < 4.78 is 33.0. The Bertz CT molecular complexity index is 656. The van der Waals surface area contributed by atoms with E-state index < -0.39 is 23.7 Å². The fourth-order valence-corrected chi connectivity index (χ4v) is 2.48. The Morgan fingerprint density at radius 3 is 2.48 bits per heavy atom. The second-order valence-corrected chi connectivity index (χ2v) is 5.53. The van der Waals surface area contributed by atoms with E-state index in [1.54, 1.807) is 13.8 Å². The summed E-state index contributed by atoms with van der Waals surface area (Å²) in [6.07, 6.45) is 0.133. The number of halogens is 2. The zero-order valence-electron chi connectivity index (χ0n) is 13.3. The molecular weight excluding hydrogens is 298 g/mol. The van der Waals surface area contributed by atoms with Gasteiger partial charge in [0.25, 0.3) is 0 Å². The maximum absolute atomic E-state index is 14.0. The first-order chi connectivity index (χ1) is 11.0. The fraction of sp³-hybridized carbons (Fsp3) is 0.316. The highest BCUT2D eigenvalue weighted by Gasteiger charge is 2.25. The normalized spacial score (nSPS) is 13.4. The molecule has 2 nitrogen and oxygen atoms in total. The van der Waals surface area contributed by atoms with Gasteiger partial charge in [-0.15, -0.1) is 0 Å². The van der Waals surface area contributed by atoms with Gasteiger partial charge in [0.05, 0.1) is 0 Å². The average molecular weight is 318 g/mol. The molecule has 2 unspecified atom stereocenters. The molecule has 0 aromatic heterocycles. The quantitative estimate of drug-likeness (QED) is 0.726. The highest BCUT2D eigenvalue weighted by Crippen LogP contribution is 2.27. The molecule has 23 heavy (non-hydrogen) atoms. The van der Waals surface area contributed by atoms with Crippen LogP contribution < -0.4 is 0 Å². The molecule has 0 aliphatic rings. The number of carbonyl (C=O) groups is 1. The molecule has 0 heterocycles. The molecule has 0 N–H and O–H groups in total. The van der Waals surface area contributed by atoms with Crippen molar-refractivity contribution in [3.63, 3.8) is 0 Å². The summed E-state index contributed by atoms with van der Waals surface area (Å²) in [5.41, 5.74) is 1.19. The number of hydrogen-bond acceptors (Lipinski definition) is 2. The summed E-state index contributed by atoms with van der Waals surface area (Å²) in [5, 5.41) is 0. The molecule has 2 rings (SSSR count). The lowest BCUT2D eigenvalue weighted by Crippen LogP contribution is -2.26. The van der Waals surface area contributed by atoms with Crippen LogP contribution in [0.5, 0.6) is 0 Å².